The molecule has 5 rings (SSSR count). The van der Waals surface area contributed by atoms with Crippen LogP contribution < -0.4 is 10.1 Å². The van der Waals surface area contributed by atoms with Gasteiger partial charge in [0, 0.05) is 27.7 Å². The lowest BCUT2D eigenvalue weighted by Crippen LogP contribution is -2.53. The molecule has 2 aliphatic rings. The summed E-state index contributed by atoms with van der Waals surface area (Å²) in [4.78, 5) is 20.3. The molecule has 1 N–H and O–H groups in total. The maximum absolute atomic E-state index is 13.4. The number of aryl methyl sites for hydroxylation is 1. The molecule has 32 heavy (non-hydrogen) atoms. The smallest absolute Gasteiger partial charge is 0.252 e. The molecule has 1 aliphatic carbocycles. The Morgan fingerprint density at radius 3 is 2.81 bits per heavy atom. The van der Waals surface area contributed by atoms with Crippen molar-refractivity contribution in [2.75, 3.05) is 13.6 Å². The topological polar surface area (TPSA) is 54.5 Å². The van der Waals surface area contributed by atoms with E-state index in [-0.39, 0.29) is 17.2 Å². The highest BCUT2D eigenvalue weighted by Gasteiger charge is 2.47. The number of carbonyl (C=O) groups is 1. The van der Waals surface area contributed by atoms with Gasteiger partial charge >= 0.3 is 0 Å². The fraction of sp³-hybridized carbons (Fsp3) is 0.360. The number of halogens is 1. The highest BCUT2D eigenvalue weighted by atomic mass is 79.9. The van der Waals surface area contributed by atoms with Crippen molar-refractivity contribution in [1.29, 1.82) is 0 Å². The number of benzene rings is 2. The summed E-state index contributed by atoms with van der Waals surface area (Å²) in [7, 11) is 3.10. The third-order valence-electron chi connectivity index (χ3n) is 6.97. The van der Waals surface area contributed by atoms with Crippen molar-refractivity contribution >= 4 is 43.0 Å². The van der Waals surface area contributed by atoms with Crippen molar-refractivity contribution in [3.05, 3.63) is 69.8 Å². The van der Waals surface area contributed by atoms with E-state index in [1.807, 2.05) is 37.3 Å². The first kappa shape index (κ1) is 21.6. The van der Waals surface area contributed by atoms with E-state index in [9.17, 15) is 4.79 Å². The number of pyridine rings is 1. The SMILES string of the molecule is Cc1ccc(OC([SiH3])[C@@H]2CCN2C)cc1C(=O)NC1(c2cc(Br)cc3ncccc23)CC1. The van der Waals surface area contributed by atoms with Crippen LogP contribution in [0.4, 0.5) is 0 Å². The Morgan fingerprint density at radius 1 is 1.31 bits per heavy atom. The highest BCUT2D eigenvalue weighted by molar-refractivity contribution is 9.10. The maximum Gasteiger partial charge on any atom is 0.252 e. The zero-order valence-corrected chi connectivity index (χ0v) is 22.3. The lowest BCUT2D eigenvalue weighted by molar-refractivity contribution is 0.0562. The summed E-state index contributed by atoms with van der Waals surface area (Å²) in [6.07, 6.45) is 4.83. The Bertz CT molecular complexity index is 1200. The van der Waals surface area contributed by atoms with Gasteiger partial charge in [0.25, 0.3) is 5.91 Å². The van der Waals surface area contributed by atoms with Crippen molar-refractivity contribution in [2.24, 2.45) is 0 Å². The summed E-state index contributed by atoms with van der Waals surface area (Å²) in [5, 5.41) is 4.44. The molecule has 1 amide bonds. The van der Waals surface area contributed by atoms with Crippen molar-refractivity contribution in [3.8, 4) is 5.75 Å². The Morgan fingerprint density at radius 2 is 2.12 bits per heavy atom. The number of amides is 1. The Hall–Kier alpha value is -2.22. The number of likely N-dealkylation sites (N-methyl/N-ethyl adjacent to an activating group) is 1. The van der Waals surface area contributed by atoms with Crippen molar-refractivity contribution < 1.29 is 9.53 Å². The summed E-state index contributed by atoms with van der Waals surface area (Å²) in [5.41, 5.74) is 3.58. The van der Waals surface area contributed by atoms with E-state index in [4.69, 9.17) is 4.74 Å². The Labute approximate surface area is 200 Å². The minimum atomic E-state index is -0.347. The molecule has 1 saturated carbocycles. The summed E-state index contributed by atoms with van der Waals surface area (Å²) >= 11 is 3.62. The molecule has 2 atom stereocenters. The van der Waals surface area contributed by atoms with Gasteiger partial charge in [-0.2, -0.15) is 0 Å². The molecule has 1 aromatic heterocycles. The molecule has 166 valence electrons. The van der Waals surface area contributed by atoms with Crippen LogP contribution in [0, 0.1) is 6.92 Å². The molecule has 0 radical (unpaired) electrons. The zero-order chi connectivity index (χ0) is 22.5. The molecular weight excluding hydrogens is 482 g/mol. The molecule has 3 aromatic rings. The predicted octanol–water partition coefficient (Wildman–Crippen LogP) is 3.50. The number of likely N-dealkylation sites (tertiary alicyclic amines) is 1. The van der Waals surface area contributed by atoms with Gasteiger partial charge < -0.3 is 15.0 Å². The van der Waals surface area contributed by atoms with Crippen LogP contribution in [0.15, 0.2) is 53.1 Å². The molecule has 7 heteroatoms. The number of aromatic nitrogens is 1. The normalized spacial score (nSPS) is 20.5. The molecule has 2 fully saturated rings. The first-order valence-electron chi connectivity index (χ1n) is 11.2. The predicted molar refractivity (Wildman–Crippen MR) is 134 cm³/mol. The third kappa shape index (κ3) is 3.98. The molecule has 0 bridgehead atoms. The number of nitrogens with one attached hydrogen (secondary N) is 1. The van der Waals surface area contributed by atoms with Gasteiger partial charge in [-0.05, 0) is 81.2 Å². The van der Waals surface area contributed by atoms with Crippen LogP contribution in [0.25, 0.3) is 10.9 Å². The second-order valence-corrected chi connectivity index (χ2v) is 11.2. The van der Waals surface area contributed by atoms with Crippen LogP contribution in [0.3, 0.4) is 0 Å². The molecule has 1 saturated heterocycles. The second-order valence-electron chi connectivity index (χ2n) is 9.20. The number of rotatable bonds is 6. The molecular formula is C25H28BrN3O2Si. The average molecular weight is 511 g/mol. The van der Waals surface area contributed by atoms with Crippen LogP contribution in [0.5, 0.6) is 5.75 Å². The van der Waals surface area contributed by atoms with E-state index in [2.05, 4.69) is 50.3 Å². The lowest BCUT2D eigenvalue weighted by Gasteiger charge is -2.41. The van der Waals surface area contributed by atoms with Crippen molar-refractivity contribution in [3.63, 3.8) is 0 Å². The minimum absolute atomic E-state index is 0.0480. The summed E-state index contributed by atoms with van der Waals surface area (Å²) in [6, 6.07) is 14.5. The van der Waals surface area contributed by atoms with Gasteiger partial charge in [0.05, 0.1) is 27.0 Å². The molecule has 0 spiro atoms. The number of carbonyl (C=O) groups excluding carboxylic acids is 1. The third-order valence-corrected chi connectivity index (χ3v) is 8.43. The fourth-order valence-electron chi connectivity index (χ4n) is 4.76. The van der Waals surface area contributed by atoms with Crippen LogP contribution in [0.1, 0.15) is 40.7 Å². The second kappa shape index (κ2) is 8.28. The van der Waals surface area contributed by atoms with Crippen LogP contribution in [-0.4, -0.2) is 51.4 Å². The van der Waals surface area contributed by atoms with Gasteiger partial charge in [0.15, 0.2) is 0 Å². The van der Waals surface area contributed by atoms with Gasteiger partial charge in [0.1, 0.15) is 5.75 Å². The Balaban J connectivity index is 1.40. The fourth-order valence-corrected chi connectivity index (χ4v) is 6.32. The van der Waals surface area contributed by atoms with Crippen molar-refractivity contribution in [2.45, 2.75) is 43.5 Å². The zero-order valence-electron chi connectivity index (χ0n) is 18.7. The first-order chi connectivity index (χ1) is 15.4. The number of nitrogens with zero attached hydrogens (tertiary/aromatic N) is 2. The minimum Gasteiger partial charge on any atom is -0.494 e. The first-order valence-corrected chi connectivity index (χ1v) is 13.2. The van der Waals surface area contributed by atoms with Gasteiger partial charge in [0.2, 0.25) is 0 Å². The van der Waals surface area contributed by atoms with Crippen LogP contribution >= 0.6 is 15.9 Å². The molecule has 1 unspecified atom stereocenters. The van der Waals surface area contributed by atoms with Crippen molar-refractivity contribution in [1.82, 2.24) is 15.2 Å². The number of hydrogen-bond acceptors (Lipinski definition) is 4. The van der Waals surface area contributed by atoms with E-state index in [0.717, 1.165) is 61.9 Å². The molecule has 1 aliphatic heterocycles. The molecule has 5 nitrogen and oxygen atoms in total. The van der Waals surface area contributed by atoms with E-state index >= 15 is 0 Å². The van der Waals surface area contributed by atoms with E-state index < -0.39 is 0 Å². The number of fused-ring (bicyclic) bond motifs is 1. The van der Waals surface area contributed by atoms with Gasteiger partial charge in [-0.3, -0.25) is 9.78 Å². The van der Waals surface area contributed by atoms with Crippen LogP contribution in [0.2, 0.25) is 0 Å². The highest BCUT2D eigenvalue weighted by Crippen LogP contribution is 2.48. The van der Waals surface area contributed by atoms with Crippen LogP contribution in [-0.2, 0) is 5.54 Å². The summed E-state index contributed by atoms with van der Waals surface area (Å²) in [6.45, 7) is 3.12. The van der Waals surface area contributed by atoms with Gasteiger partial charge in [-0.1, -0.05) is 28.1 Å². The monoisotopic (exact) mass is 509 g/mol. The standard InChI is InChI=1S/C25H28BrN3O2Si/c1-15-5-6-17(31-24(32)22-7-11-29(22)2)14-19(15)23(30)28-25(8-9-25)20-12-16(26)13-21-18(20)4-3-10-27-21/h3-6,10,12-14,22,24H,7-9,11H2,1-2,32H3,(H,28,30)/t22-,24?/m0/s1. The largest absolute Gasteiger partial charge is 0.494 e. The quantitative estimate of drug-likeness (QED) is 0.516. The number of ether oxygens (including phenoxy) is 1. The Kier molecular flexibility index (Phi) is 5.59. The van der Waals surface area contributed by atoms with Gasteiger partial charge in [-0.15, -0.1) is 0 Å². The lowest BCUT2D eigenvalue weighted by atomic mass is 9.98. The van der Waals surface area contributed by atoms with Gasteiger partial charge in [-0.25, -0.2) is 0 Å². The van der Waals surface area contributed by atoms with E-state index in [1.54, 1.807) is 6.20 Å². The van der Waals surface area contributed by atoms with E-state index in [0.29, 0.717) is 11.6 Å². The molecule has 2 heterocycles. The number of hydrogen-bond donors (Lipinski definition) is 1. The summed E-state index contributed by atoms with van der Waals surface area (Å²) < 4.78 is 7.24. The molecule has 2 aromatic carbocycles. The maximum atomic E-state index is 13.4. The average Bonchev–Trinajstić information content (AvgIpc) is 3.53. The van der Waals surface area contributed by atoms with E-state index in [1.165, 1.54) is 6.42 Å². The summed E-state index contributed by atoms with van der Waals surface area (Å²) in [5.74, 6) is 0.733.